The molecule has 2 heteroatoms. The van der Waals surface area contributed by atoms with E-state index in [-0.39, 0.29) is 0 Å². The number of hydrogen-bond donors (Lipinski definition) is 0. The number of fused-ring (bicyclic) bond motifs is 1. The molecular weight excluding hydrogens is 216 g/mol. The third-order valence-electron chi connectivity index (χ3n) is 2.44. The fourth-order valence-corrected chi connectivity index (χ4v) is 2.17. The number of ether oxygens (including phenoxy) is 1. The standard InChI is InChI=1S/C14H16OS/c1-2-16-11-10-15-14-9-5-7-12-6-3-4-8-13(12)14/h3-9H,2,10-11H2,1H3. The second kappa shape index (κ2) is 5.80. The summed E-state index contributed by atoms with van der Waals surface area (Å²) in [7, 11) is 0. The summed E-state index contributed by atoms with van der Waals surface area (Å²) in [6, 6.07) is 14.5. The van der Waals surface area contributed by atoms with Gasteiger partial charge in [0.2, 0.25) is 0 Å². The Morgan fingerprint density at radius 3 is 2.75 bits per heavy atom. The molecule has 0 atom stereocenters. The lowest BCUT2D eigenvalue weighted by atomic mass is 10.1. The second-order valence-electron chi connectivity index (χ2n) is 3.52. The molecule has 0 unspecified atom stereocenters. The molecule has 0 bridgehead atoms. The highest BCUT2D eigenvalue weighted by Gasteiger charge is 2.00. The van der Waals surface area contributed by atoms with Crippen LogP contribution in [0.5, 0.6) is 5.75 Å². The Morgan fingerprint density at radius 1 is 1.06 bits per heavy atom. The van der Waals surface area contributed by atoms with E-state index in [0.29, 0.717) is 0 Å². The van der Waals surface area contributed by atoms with Crippen LogP contribution in [0.4, 0.5) is 0 Å². The van der Waals surface area contributed by atoms with E-state index in [4.69, 9.17) is 4.74 Å². The van der Waals surface area contributed by atoms with Crippen LogP contribution >= 0.6 is 11.8 Å². The Labute approximate surface area is 101 Å². The zero-order valence-electron chi connectivity index (χ0n) is 9.48. The molecule has 2 aromatic carbocycles. The molecule has 0 aliphatic rings. The van der Waals surface area contributed by atoms with Gasteiger partial charge in [-0.25, -0.2) is 0 Å². The summed E-state index contributed by atoms with van der Waals surface area (Å²) in [5, 5.41) is 2.44. The number of thioether (sulfide) groups is 1. The molecule has 2 rings (SSSR count). The van der Waals surface area contributed by atoms with E-state index in [2.05, 4.69) is 37.3 Å². The van der Waals surface area contributed by atoms with E-state index in [1.807, 2.05) is 23.9 Å². The maximum Gasteiger partial charge on any atom is 0.127 e. The van der Waals surface area contributed by atoms with Crippen molar-refractivity contribution in [3.05, 3.63) is 42.5 Å². The van der Waals surface area contributed by atoms with Crippen molar-refractivity contribution in [1.29, 1.82) is 0 Å². The second-order valence-corrected chi connectivity index (χ2v) is 4.92. The van der Waals surface area contributed by atoms with E-state index < -0.39 is 0 Å². The highest BCUT2D eigenvalue weighted by atomic mass is 32.2. The molecule has 0 amide bonds. The van der Waals surface area contributed by atoms with Crippen LogP contribution in [-0.4, -0.2) is 18.1 Å². The van der Waals surface area contributed by atoms with Crippen molar-refractivity contribution in [1.82, 2.24) is 0 Å². The van der Waals surface area contributed by atoms with E-state index in [1.54, 1.807) is 0 Å². The van der Waals surface area contributed by atoms with Gasteiger partial charge in [-0.2, -0.15) is 11.8 Å². The largest absolute Gasteiger partial charge is 0.492 e. The van der Waals surface area contributed by atoms with Crippen molar-refractivity contribution in [2.75, 3.05) is 18.1 Å². The maximum absolute atomic E-state index is 5.80. The summed E-state index contributed by atoms with van der Waals surface area (Å²) in [5.41, 5.74) is 0. The molecule has 84 valence electrons. The summed E-state index contributed by atoms with van der Waals surface area (Å²) < 4.78 is 5.80. The fourth-order valence-electron chi connectivity index (χ4n) is 1.68. The first kappa shape index (κ1) is 11.3. The minimum absolute atomic E-state index is 0.784. The summed E-state index contributed by atoms with van der Waals surface area (Å²) in [5.74, 6) is 3.20. The SMILES string of the molecule is CCSCCOc1cccc2ccccc12. The molecular formula is C14H16OS. The minimum Gasteiger partial charge on any atom is -0.492 e. The summed E-state index contributed by atoms with van der Waals surface area (Å²) in [6.45, 7) is 2.95. The smallest absolute Gasteiger partial charge is 0.127 e. The molecule has 0 aromatic heterocycles. The third-order valence-corrected chi connectivity index (χ3v) is 3.30. The Bertz CT molecular complexity index is 448. The number of hydrogen-bond acceptors (Lipinski definition) is 2. The van der Waals surface area contributed by atoms with Gasteiger partial charge in [-0.3, -0.25) is 0 Å². The van der Waals surface area contributed by atoms with Gasteiger partial charge in [0.15, 0.2) is 0 Å². The van der Waals surface area contributed by atoms with Crippen LogP contribution in [0.25, 0.3) is 10.8 Å². The fraction of sp³-hybridized carbons (Fsp3) is 0.286. The van der Waals surface area contributed by atoms with E-state index >= 15 is 0 Å². The summed E-state index contributed by atoms with van der Waals surface area (Å²) in [6.07, 6.45) is 0. The van der Waals surface area contributed by atoms with Gasteiger partial charge >= 0.3 is 0 Å². The maximum atomic E-state index is 5.80. The lowest BCUT2D eigenvalue weighted by Gasteiger charge is -2.08. The van der Waals surface area contributed by atoms with Crippen molar-refractivity contribution in [2.45, 2.75) is 6.92 Å². The molecule has 0 radical (unpaired) electrons. The van der Waals surface area contributed by atoms with Crippen LogP contribution in [0.2, 0.25) is 0 Å². The van der Waals surface area contributed by atoms with Gasteiger partial charge in [-0.15, -0.1) is 0 Å². The van der Waals surface area contributed by atoms with Crippen LogP contribution in [0, 0.1) is 0 Å². The van der Waals surface area contributed by atoms with Gasteiger partial charge in [0, 0.05) is 11.1 Å². The molecule has 1 nitrogen and oxygen atoms in total. The first-order valence-electron chi connectivity index (χ1n) is 5.60. The van der Waals surface area contributed by atoms with Crippen molar-refractivity contribution in [3.63, 3.8) is 0 Å². The zero-order chi connectivity index (χ0) is 11.2. The number of benzene rings is 2. The molecule has 0 spiro atoms. The van der Waals surface area contributed by atoms with Crippen LogP contribution in [-0.2, 0) is 0 Å². The monoisotopic (exact) mass is 232 g/mol. The minimum atomic E-state index is 0.784. The first-order chi connectivity index (χ1) is 7.92. The molecule has 0 aliphatic carbocycles. The predicted molar refractivity (Wildman–Crippen MR) is 72.4 cm³/mol. The Hall–Kier alpha value is -1.15. The molecule has 0 aliphatic heterocycles. The van der Waals surface area contributed by atoms with Gasteiger partial charge in [-0.05, 0) is 17.2 Å². The molecule has 2 aromatic rings. The van der Waals surface area contributed by atoms with Crippen LogP contribution in [0.3, 0.4) is 0 Å². The normalized spacial score (nSPS) is 10.6. The quantitative estimate of drug-likeness (QED) is 0.721. The average Bonchev–Trinajstić information content (AvgIpc) is 2.35. The van der Waals surface area contributed by atoms with Gasteiger partial charge < -0.3 is 4.74 Å². The van der Waals surface area contributed by atoms with Crippen LogP contribution in [0.1, 0.15) is 6.92 Å². The van der Waals surface area contributed by atoms with E-state index in [9.17, 15) is 0 Å². The molecule has 16 heavy (non-hydrogen) atoms. The number of rotatable bonds is 5. The van der Waals surface area contributed by atoms with Crippen molar-refractivity contribution in [3.8, 4) is 5.75 Å². The van der Waals surface area contributed by atoms with Crippen molar-refractivity contribution >= 4 is 22.5 Å². The Balaban J connectivity index is 2.11. The molecule has 0 heterocycles. The van der Waals surface area contributed by atoms with E-state index in [1.165, 1.54) is 10.8 Å². The van der Waals surface area contributed by atoms with Crippen LogP contribution < -0.4 is 4.74 Å². The summed E-state index contributed by atoms with van der Waals surface area (Å²) in [4.78, 5) is 0. The Morgan fingerprint density at radius 2 is 1.88 bits per heavy atom. The Kier molecular flexibility index (Phi) is 4.11. The molecule has 0 saturated heterocycles. The van der Waals surface area contributed by atoms with Gasteiger partial charge in [0.25, 0.3) is 0 Å². The lowest BCUT2D eigenvalue weighted by Crippen LogP contribution is -2.00. The molecule has 0 saturated carbocycles. The van der Waals surface area contributed by atoms with E-state index in [0.717, 1.165) is 23.9 Å². The van der Waals surface area contributed by atoms with Crippen LogP contribution in [0.15, 0.2) is 42.5 Å². The predicted octanol–water partition coefficient (Wildman–Crippen LogP) is 3.97. The zero-order valence-corrected chi connectivity index (χ0v) is 10.3. The van der Waals surface area contributed by atoms with Crippen molar-refractivity contribution < 1.29 is 4.74 Å². The van der Waals surface area contributed by atoms with Gasteiger partial charge in [-0.1, -0.05) is 43.3 Å². The topological polar surface area (TPSA) is 9.23 Å². The molecule has 0 fully saturated rings. The first-order valence-corrected chi connectivity index (χ1v) is 6.75. The molecule has 0 N–H and O–H groups in total. The van der Waals surface area contributed by atoms with Gasteiger partial charge in [0.1, 0.15) is 5.75 Å². The van der Waals surface area contributed by atoms with Gasteiger partial charge in [0.05, 0.1) is 6.61 Å². The average molecular weight is 232 g/mol. The lowest BCUT2D eigenvalue weighted by molar-refractivity contribution is 0.348. The summed E-state index contributed by atoms with van der Waals surface area (Å²) >= 11 is 1.91. The highest BCUT2D eigenvalue weighted by Crippen LogP contribution is 2.25. The highest BCUT2D eigenvalue weighted by molar-refractivity contribution is 7.99. The third kappa shape index (κ3) is 2.70. The van der Waals surface area contributed by atoms with Crippen molar-refractivity contribution in [2.24, 2.45) is 0 Å².